The number of rotatable bonds is 4. The maximum absolute atomic E-state index is 12.7. The third-order valence-electron chi connectivity index (χ3n) is 4.87. The molecule has 11 heteroatoms. The van der Waals surface area contributed by atoms with Crippen LogP contribution in [-0.4, -0.2) is 54.2 Å². The summed E-state index contributed by atoms with van der Waals surface area (Å²) in [6.45, 7) is 0.883. The molecule has 2 aromatic rings. The normalized spacial score (nSPS) is 15.1. The molecule has 3 rings (SSSR count). The Morgan fingerprint density at radius 3 is 1.85 bits per heavy atom. The molecule has 1 heterocycles. The zero-order valence-electron chi connectivity index (χ0n) is 17.0. The van der Waals surface area contributed by atoms with Crippen LogP contribution in [0.4, 0.5) is 26.3 Å². The molecule has 0 aliphatic carbocycles. The molecule has 0 radical (unpaired) electrons. The van der Waals surface area contributed by atoms with Gasteiger partial charge in [-0.2, -0.15) is 13.2 Å². The zero-order chi connectivity index (χ0) is 24.2. The first-order chi connectivity index (χ1) is 15.4. The number of alkyl halides is 6. The third kappa shape index (κ3) is 6.74. The number of hydrogen-bond donors (Lipinski definition) is 0. The van der Waals surface area contributed by atoms with E-state index in [2.05, 4.69) is 4.74 Å². The van der Waals surface area contributed by atoms with Crippen LogP contribution in [-0.2, 0) is 11.0 Å². The Balaban J connectivity index is 1.52. The Kier molecular flexibility index (Phi) is 6.99. The van der Waals surface area contributed by atoms with Gasteiger partial charge >= 0.3 is 12.5 Å². The van der Waals surface area contributed by atoms with Gasteiger partial charge in [-0.05, 0) is 48.0 Å². The quantitative estimate of drug-likeness (QED) is 0.483. The molecule has 1 fully saturated rings. The number of hydrogen-bond acceptors (Lipinski definition) is 3. The van der Waals surface area contributed by atoms with E-state index in [1.54, 1.807) is 0 Å². The van der Waals surface area contributed by atoms with Gasteiger partial charge in [-0.15, -0.1) is 13.2 Å². The van der Waals surface area contributed by atoms with Gasteiger partial charge in [0, 0.05) is 37.8 Å². The highest BCUT2D eigenvalue weighted by atomic mass is 19.4. The minimum absolute atomic E-state index is 0.126. The van der Waals surface area contributed by atoms with Gasteiger partial charge in [0.05, 0.1) is 5.56 Å². The first-order valence-corrected chi connectivity index (χ1v) is 9.72. The van der Waals surface area contributed by atoms with Crippen molar-refractivity contribution in [2.24, 2.45) is 0 Å². The maximum atomic E-state index is 12.7. The predicted molar refractivity (Wildman–Crippen MR) is 106 cm³/mol. The standard InChI is InChI=1S/C22H18F6N2O3/c23-21(24,25)17-6-4-16(5-7-17)20(32)30-13-11-29(12-14-30)19(31)10-3-15-1-8-18(9-2-15)33-22(26,27)28/h1-10H,11-14H2/b10-3+. The lowest BCUT2D eigenvalue weighted by Gasteiger charge is -2.34. The number of nitrogens with zero attached hydrogens (tertiary/aromatic N) is 2. The van der Waals surface area contributed by atoms with E-state index in [9.17, 15) is 35.9 Å². The van der Waals surface area contributed by atoms with Crippen molar-refractivity contribution in [3.8, 4) is 5.75 Å². The van der Waals surface area contributed by atoms with Crippen LogP contribution in [0.1, 0.15) is 21.5 Å². The third-order valence-corrected chi connectivity index (χ3v) is 4.87. The topological polar surface area (TPSA) is 49.9 Å². The Morgan fingerprint density at radius 1 is 0.788 bits per heavy atom. The Hall–Kier alpha value is -3.50. The number of carbonyl (C=O) groups excluding carboxylic acids is 2. The second kappa shape index (κ2) is 9.55. The predicted octanol–water partition coefficient (Wildman–Crippen LogP) is 4.60. The average molecular weight is 472 g/mol. The molecule has 0 unspecified atom stereocenters. The van der Waals surface area contributed by atoms with Crippen molar-refractivity contribution in [2.45, 2.75) is 12.5 Å². The Morgan fingerprint density at radius 2 is 1.33 bits per heavy atom. The SMILES string of the molecule is O=C(/C=C/c1ccc(OC(F)(F)F)cc1)N1CCN(C(=O)c2ccc(C(F)(F)F)cc2)CC1. The summed E-state index contributed by atoms with van der Waals surface area (Å²) in [5.41, 5.74) is -0.224. The van der Waals surface area contributed by atoms with Gasteiger partial charge in [0.25, 0.3) is 5.91 Å². The van der Waals surface area contributed by atoms with Crippen molar-refractivity contribution in [3.63, 3.8) is 0 Å². The van der Waals surface area contributed by atoms with Crippen molar-refractivity contribution < 1.29 is 40.7 Å². The summed E-state index contributed by atoms with van der Waals surface area (Å²) in [7, 11) is 0. The summed E-state index contributed by atoms with van der Waals surface area (Å²) >= 11 is 0. The van der Waals surface area contributed by atoms with Crippen LogP contribution in [0.5, 0.6) is 5.75 Å². The molecule has 176 valence electrons. The van der Waals surface area contributed by atoms with Gasteiger partial charge in [0.1, 0.15) is 5.75 Å². The molecule has 5 nitrogen and oxygen atoms in total. The molecule has 0 saturated carbocycles. The van der Waals surface area contributed by atoms with Crippen LogP contribution in [0.2, 0.25) is 0 Å². The smallest absolute Gasteiger partial charge is 0.406 e. The van der Waals surface area contributed by atoms with Crippen LogP contribution in [0.25, 0.3) is 6.08 Å². The Bertz CT molecular complexity index is 1010. The molecule has 2 aromatic carbocycles. The fraction of sp³-hybridized carbons (Fsp3) is 0.273. The number of ether oxygens (including phenoxy) is 1. The summed E-state index contributed by atoms with van der Waals surface area (Å²) in [6.07, 6.45) is -6.56. The van der Waals surface area contributed by atoms with E-state index in [0.717, 1.165) is 36.4 Å². The van der Waals surface area contributed by atoms with Crippen LogP contribution in [0.3, 0.4) is 0 Å². The lowest BCUT2D eigenvalue weighted by molar-refractivity contribution is -0.274. The first kappa shape index (κ1) is 24.1. The van der Waals surface area contributed by atoms with Crippen LogP contribution < -0.4 is 4.74 Å². The lowest BCUT2D eigenvalue weighted by atomic mass is 10.1. The molecular formula is C22H18F6N2O3. The monoisotopic (exact) mass is 472 g/mol. The molecule has 33 heavy (non-hydrogen) atoms. The summed E-state index contributed by atoms with van der Waals surface area (Å²) in [5.74, 6) is -1.14. The second-order valence-electron chi connectivity index (χ2n) is 7.14. The van der Waals surface area contributed by atoms with Gasteiger partial charge in [-0.25, -0.2) is 0 Å². The van der Waals surface area contributed by atoms with Crippen molar-refractivity contribution in [3.05, 3.63) is 71.3 Å². The highest BCUT2D eigenvalue weighted by Crippen LogP contribution is 2.29. The van der Waals surface area contributed by atoms with Crippen LogP contribution >= 0.6 is 0 Å². The summed E-state index contributed by atoms with van der Waals surface area (Å²) in [5, 5.41) is 0. The fourth-order valence-electron chi connectivity index (χ4n) is 3.17. The molecule has 1 aliphatic heterocycles. The lowest BCUT2D eigenvalue weighted by Crippen LogP contribution is -2.50. The minimum Gasteiger partial charge on any atom is -0.406 e. The van der Waals surface area contributed by atoms with E-state index in [1.807, 2.05) is 0 Å². The second-order valence-corrected chi connectivity index (χ2v) is 7.14. The van der Waals surface area contributed by atoms with E-state index >= 15 is 0 Å². The van der Waals surface area contributed by atoms with E-state index in [4.69, 9.17) is 0 Å². The molecule has 1 saturated heterocycles. The van der Waals surface area contributed by atoms with Crippen molar-refractivity contribution in [2.75, 3.05) is 26.2 Å². The van der Waals surface area contributed by atoms with E-state index < -0.39 is 24.0 Å². The van der Waals surface area contributed by atoms with E-state index in [0.29, 0.717) is 5.56 Å². The highest BCUT2D eigenvalue weighted by molar-refractivity contribution is 5.95. The van der Waals surface area contributed by atoms with Gasteiger partial charge in [0.15, 0.2) is 0 Å². The summed E-state index contributed by atoms with van der Waals surface area (Å²) in [4.78, 5) is 27.8. The highest BCUT2D eigenvalue weighted by Gasteiger charge is 2.31. The number of carbonyl (C=O) groups is 2. The molecule has 0 N–H and O–H groups in total. The van der Waals surface area contributed by atoms with Crippen LogP contribution in [0.15, 0.2) is 54.6 Å². The van der Waals surface area contributed by atoms with Gasteiger partial charge in [0.2, 0.25) is 5.91 Å². The van der Waals surface area contributed by atoms with Gasteiger partial charge in [-0.3, -0.25) is 9.59 Å². The summed E-state index contributed by atoms with van der Waals surface area (Å²) < 4.78 is 78.3. The van der Waals surface area contributed by atoms with Gasteiger partial charge < -0.3 is 14.5 Å². The van der Waals surface area contributed by atoms with Crippen molar-refractivity contribution >= 4 is 17.9 Å². The number of halogens is 6. The molecule has 1 aliphatic rings. The number of amides is 2. The van der Waals surface area contributed by atoms with Crippen LogP contribution in [0, 0.1) is 0 Å². The molecule has 0 aromatic heterocycles. The number of piperazine rings is 1. The fourth-order valence-corrected chi connectivity index (χ4v) is 3.17. The maximum Gasteiger partial charge on any atom is 0.573 e. The number of benzene rings is 2. The summed E-state index contributed by atoms with van der Waals surface area (Å²) in [6, 6.07) is 8.93. The minimum atomic E-state index is -4.79. The van der Waals surface area contributed by atoms with Gasteiger partial charge in [-0.1, -0.05) is 12.1 Å². The molecule has 0 atom stereocenters. The van der Waals surface area contributed by atoms with E-state index in [1.165, 1.54) is 34.1 Å². The molecular weight excluding hydrogens is 454 g/mol. The molecule has 0 bridgehead atoms. The largest absolute Gasteiger partial charge is 0.573 e. The molecule has 0 spiro atoms. The first-order valence-electron chi connectivity index (χ1n) is 9.72. The van der Waals surface area contributed by atoms with Crippen molar-refractivity contribution in [1.82, 2.24) is 9.80 Å². The molecule has 2 amide bonds. The Labute approximate surface area is 184 Å². The van der Waals surface area contributed by atoms with Crippen molar-refractivity contribution in [1.29, 1.82) is 0 Å². The van der Waals surface area contributed by atoms with E-state index in [-0.39, 0.29) is 43.4 Å². The zero-order valence-corrected chi connectivity index (χ0v) is 17.0. The average Bonchev–Trinajstić information content (AvgIpc) is 2.76.